The molecule has 21 heavy (non-hydrogen) atoms. The van der Waals surface area contributed by atoms with Gasteiger partial charge in [0.05, 0.1) is 23.4 Å². The first kappa shape index (κ1) is 15.9. The van der Waals surface area contributed by atoms with Crippen molar-refractivity contribution >= 4 is 28.9 Å². The van der Waals surface area contributed by atoms with Crippen molar-refractivity contribution in [1.29, 1.82) is 0 Å². The molecule has 0 radical (unpaired) electrons. The minimum atomic E-state index is -0.417. The van der Waals surface area contributed by atoms with Crippen molar-refractivity contribution in [1.82, 2.24) is 4.90 Å². The van der Waals surface area contributed by atoms with Gasteiger partial charge in [0.1, 0.15) is 0 Å². The van der Waals surface area contributed by atoms with E-state index in [-0.39, 0.29) is 0 Å². The van der Waals surface area contributed by atoms with Crippen LogP contribution in [0.5, 0.6) is 0 Å². The van der Waals surface area contributed by atoms with E-state index in [2.05, 4.69) is 30.8 Å². The van der Waals surface area contributed by atoms with Gasteiger partial charge in [0, 0.05) is 24.8 Å². The molecule has 1 aliphatic heterocycles. The van der Waals surface area contributed by atoms with E-state index in [1.807, 2.05) is 0 Å². The molecular formula is C15H22ClN3O2. The molecule has 6 heteroatoms. The number of hydrogen-bond donors (Lipinski definition) is 1. The molecule has 1 saturated heterocycles. The number of carbonyl (C=O) groups is 1. The van der Waals surface area contributed by atoms with Gasteiger partial charge in [-0.05, 0) is 32.1 Å². The van der Waals surface area contributed by atoms with Crippen molar-refractivity contribution in [3.63, 3.8) is 0 Å². The van der Waals surface area contributed by atoms with Crippen LogP contribution in [0.15, 0.2) is 12.1 Å². The number of hydrogen-bond acceptors (Lipinski definition) is 5. The van der Waals surface area contributed by atoms with Gasteiger partial charge in [-0.15, -0.1) is 0 Å². The lowest BCUT2D eigenvalue weighted by Gasteiger charge is -2.25. The van der Waals surface area contributed by atoms with E-state index < -0.39 is 5.97 Å². The summed E-state index contributed by atoms with van der Waals surface area (Å²) in [5, 5.41) is 0.488. The number of anilines is 2. The molecule has 0 aromatic heterocycles. The second-order valence-corrected chi connectivity index (χ2v) is 6.21. The summed E-state index contributed by atoms with van der Waals surface area (Å²) in [7, 11) is 5.49. The van der Waals surface area contributed by atoms with Gasteiger partial charge in [0.25, 0.3) is 0 Å². The quantitative estimate of drug-likeness (QED) is 0.684. The van der Waals surface area contributed by atoms with Crippen molar-refractivity contribution in [2.75, 3.05) is 44.9 Å². The highest BCUT2D eigenvalue weighted by Crippen LogP contribution is 2.36. The lowest BCUT2D eigenvalue weighted by molar-refractivity contribution is 0.0601. The van der Waals surface area contributed by atoms with Crippen LogP contribution in [0, 0.1) is 5.92 Å². The van der Waals surface area contributed by atoms with Crippen molar-refractivity contribution in [3.8, 4) is 0 Å². The zero-order valence-corrected chi connectivity index (χ0v) is 13.6. The van der Waals surface area contributed by atoms with Gasteiger partial charge in [0.2, 0.25) is 0 Å². The molecule has 1 aliphatic rings. The molecule has 0 saturated carbocycles. The standard InChI is InChI=1S/C15H22ClN3O2/c1-9-7-19(8-13(9)18(2)3)14-11(15(20)21-4)5-10(17)6-12(14)16/h5-6,9,13H,7-8,17H2,1-4H3. The molecule has 2 rings (SSSR count). The topological polar surface area (TPSA) is 58.8 Å². The SMILES string of the molecule is COC(=O)c1cc(N)cc(Cl)c1N1CC(C)C(N(C)C)C1. The monoisotopic (exact) mass is 311 g/mol. The van der Waals surface area contributed by atoms with Crippen LogP contribution in [-0.4, -0.2) is 51.2 Å². The second kappa shape index (κ2) is 6.12. The summed E-state index contributed by atoms with van der Waals surface area (Å²) in [5.41, 5.74) is 7.40. The lowest BCUT2D eigenvalue weighted by atomic mass is 10.1. The number of nitrogens with zero attached hydrogens (tertiary/aromatic N) is 2. The van der Waals surface area contributed by atoms with Crippen LogP contribution >= 0.6 is 11.6 Å². The van der Waals surface area contributed by atoms with E-state index in [4.69, 9.17) is 22.1 Å². The largest absolute Gasteiger partial charge is 0.465 e. The average molecular weight is 312 g/mol. The molecule has 0 bridgehead atoms. The minimum absolute atomic E-state index is 0.417. The number of benzene rings is 1. The first-order valence-corrected chi connectivity index (χ1v) is 7.31. The van der Waals surface area contributed by atoms with Crippen molar-refractivity contribution < 1.29 is 9.53 Å². The fraction of sp³-hybridized carbons (Fsp3) is 0.533. The molecule has 0 aliphatic carbocycles. The first-order valence-electron chi connectivity index (χ1n) is 6.93. The van der Waals surface area contributed by atoms with E-state index in [0.717, 1.165) is 13.1 Å². The molecule has 0 amide bonds. The number of esters is 1. The summed E-state index contributed by atoms with van der Waals surface area (Å²) >= 11 is 6.35. The Morgan fingerprint density at radius 2 is 2.10 bits per heavy atom. The molecular weight excluding hydrogens is 290 g/mol. The Labute approximate surface area is 130 Å². The molecule has 2 atom stereocenters. The lowest BCUT2D eigenvalue weighted by Crippen LogP contribution is -2.34. The molecule has 2 N–H and O–H groups in total. The molecule has 1 aromatic carbocycles. The van der Waals surface area contributed by atoms with E-state index >= 15 is 0 Å². The van der Waals surface area contributed by atoms with Crippen LogP contribution in [-0.2, 0) is 4.74 Å². The van der Waals surface area contributed by atoms with E-state index in [1.54, 1.807) is 12.1 Å². The normalized spacial score (nSPS) is 21.9. The summed E-state index contributed by atoms with van der Waals surface area (Å²) in [6, 6.07) is 3.72. The zero-order chi connectivity index (χ0) is 15.7. The van der Waals surface area contributed by atoms with Gasteiger partial charge in [0.15, 0.2) is 0 Å². The molecule has 0 spiro atoms. The van der Waals surface area contributed by atoms with Crippen LogP contribution < -0.4 is 10.6 Å². The van der Waals surface area contributed by atoms with Gasteiger partial charge < -0.3 is 20.3 Å². The highest BCUT2D eigenvalue weighted by atomic mass is 35.5. The van der Waals surface area contributed by atoms with Gasteiger partial charge in [-0.25, -0.2) is 4.79 Å². The molecule has 1 aromatic rings. The Hall–Kier alpha value is -1.46. The van der Waals surface area contributed by atoms with Gasteiger partial charge >= 0.3 is 5.97 Å². The molecule has 5 nitrogen and oxygen atoms in total. The van der Waals surface area contributed by atoms with Crippen LogP contribution in [0.2, 0.25) is 5.02 Å². The first-order chi connectivity index (χ1) is 9.85. The predicted molar refractivity (Wildman–Crippen MR) is 86.1 cm³/mol. The fourth-order valence-corrected chi connectivity index (χ4v) is 3.36. The average Bonchev–Trinajstić information content (AvgIpc) is 2.78. The number of halogens is 1. The van der Waals surface area contributed by atoms with E-state index in [9.17, 15) is 4.79 Å². The van der Waals surface area contributed by atoms with E-state index in [1.165, 1.54) is 7.11 Å². The maximum atomic E-state index is 12.0. The van der Waals surface area contributed by atoms with E-state index in [0.29, 0.717) is 33.9 Å². The van der Waals surface area contributed by atoms with Crippen molar-refractivity contribution in [3.05, 3.63) is 22.7 Å². The van der Waals surface area contributed by atoms with Gasteiger partial charge in [-0.3, -0.25) is 0 Å². The molecule has 2 unspecified atom stereocenters. The molecule has 116 valence electrons. The van der Waals surface area contributed by atoms with Crippen LogP contribution in [0.25, 0.3) is 0 Å². The number of nitrogen functional groups attached to an aromatic ring is 1. The second-order valence-electron chi connectivity index (χ2n) is 5.80. The van der Waals surface area contributed by atoms with Crippen LogP contribution in [0.1, 0.15) is 17.3 Å². The smallest absolute Gasteiger partial charge is 0.340 e. The number of nitrogens with two attached hydrogens (primary N) is 1. The number of likely N-dealkylation sites (N-methyl/N-ethyl adjacent to an activating group) is 1. The van der Waals surface area contributed by atoms with Crippen molar-refractivity contribution in [2.45, 2.75) is 13.0 Å². The molecule has 1 heterocycles. The van der Waals surface area contributed by atoms with Crippen LogP contribution in [0.3, 0.4) is 0 Å². The minimum Gasteiger partial charge on any atom is -0.465 e. The van der Waals surface area contributed by atoms with Gasteiger partial charge in [-0.2, -0.15) is 0 Å². The van der Waals surface area contributed by atoms with Gasteiger partial charge in [-0.1, -0.05) is 18.5 Å². The van der Waals surface area contributed by atoms with Crippen molar-refractivity contribution in [2.24, 2.45) is 5.92 Å². The maximum absolute atomic E-state index is 12.0. The fourth-order valence-electron chi connectivity index (χ4n) is 3.01. The molecule has 1 fully saturated rings. The number of ether oxygens (including phenoxy) is 1. The number of methoxy groups -OCH3 is 1. The maximum Gasteiger partial charge on any atom is 0.340 e. The Kier molecular flexibility index (Phi) is 4.64. The summed E-state index contributed by atoms with van der Waals surface area (Å²) < 4.78 is 4.86. The summed E-state index contributed by atoms with van der Waals surface area (Å²) in [5.74, 6) is 0.0688. The highest BCUT2D eigenvalue weighted by Gasteiger charge is 2.34. The Balaban J connectivity index is 2.42. The predicted octanol–water partition coefficient (Wildman–Crippen LogP) is 2.10. The Morgan fingerprint density at radius 1 is 1.43 bits per heavy atom. The third kappa shape index (κ3) is 3.09. The third-order valence-corrected chi connectivity index (χ3v) is 4.33. The Bertz CT molecular complexity index is 548. The number of carbonyl (C=O) groups excluding carboxylic acids is 1. The summed E-state index contributed by atoms with van der Waals surface area (Å²) in [6.07, 6.45) is 0. The Morgan fingerprint density at radius 3 is 2.62 bits per heavy atom. The zero-order valence-electron chi connectivity index (χ0n) is 12.9. The summed E-state index contributed by atoms with van der Waals surface area (Å²) in [6.45, 7) is 3.87. The van der Waals surface area contributed by atoms with Crippen LogP contribution in [0.4, 0.5) is 11.4 Å². The highest BCUT2D eigenvalue weighted by molar-refractivity contribution is 6.34. The third-order valence-electron chi connectivity index (χ3n) is 4.04. The number of rotatable bonds is 3. The summed E-state index contributed by atoms with van der Waals surface area (Å²) in [4.78, 5) is 16.4.